The van der Waals surface area contributed by atoms with Gasteiger partial charge in [-0.25, -0.2) is 9.59 Å². The Bertz CT molecular complexity index is 1170. The van der Waals surface area contributed by atoms with Crippen LogP contribution in [0.1, 0.15) is 106 Å². The van der Waals surface area contributed by atoms with E-state index in [1.165, 1.54) is 44.9 Å². The molecular weight excluding hydrogens is 488 g/mol. The molecule has 0 saturated carbocycles. The van der Waals surface area contributed by atoms with E-state index in [0.717, 1.165) is 35.8 Å². The predicted octanol–water partition coefficient (Wildman–Crippen LogP) is 9.17. The highest BCUT2D eigenvalue weighted by atomic mass is 16.5. The fourth-order valence-corrected chi connectivity index (χ4v) is 4.47. The van der Waals surface area contributed by atoms with Crippen LogP contribution < -0.4 is 9.47 Å². The van der Waals surface area contributed by atoms with Crippen molar-refractivity contribution in [2.45, 2.75) is 85.0 Å². The van der Waals surface area contributed by atoms with Crippen LogP contribution in [-0.2, 0) is 4.74 Å². The molecule has 39 heavy (non-hydrogen) atoms. The molecule has 210 valence electrons. The van der Waals surface area contributed by atoms with E-state index in [-0.39, 0.29) is 5.97 Å². The van der Waals surface area contributed by atoms with Crippen molar-refractivity contribution in [3.8, 4) is 11.5 Å². The second-order valence-electron chi connectivity index (χ2n) is 10.5. The molecule has 1 atom stereocenters. The van der Waals surface area contributed by atoms with Gasteiger partial charge in [0.1, 0.15) is 11.5 Å². The lowest BCUT2D eigenvalue weighted by Crippen LogP contribution is -2.12. The van der Waals surface area contributed by atoms with Crippen LogP contribution in [0.25, 0.3) is 10.8 Å². The first-order chi connectivity index (χ1) is 19.0. The minimum Gasteiger partial charge on any atom is -0.494 e. The summed E-state index contributed by atoms with van der Waals surface area (Å²) in [7, 11) is 0. The number of esters is 2. The average molecular weight is 533 g/mol. The summed E-state index contributed by atoms with van der Waals surface area (Å²) in [6.45, 7) is 7.64. The zero-order chi connectivity index (χ0) is 27.9. The Kier molecular flexibility index (Phi) is 12.8. The van der Waals surface area contributed by atoms with Gasteiger partial charge in [-0.05, 0) is 78.1 Å². The van der Waals surface area contributed by atoms with Gasteiger partial charge >= 0.3 is 11.9 Å². The molecule has 0 heterocycles. The fourth-order valence-electron chi connectivity index (χ4n) is 4.47. The van der Waals surface area contributed by atoms with Crippen LogP contribution in [0, 0.1) is 5.92 Å². The van der Waals surface area contributed by atoms with Gasteiger partial charge in [-0.1, -0.05) is 84.3 Å². The number of ether oxygens (including phenoxy) is 3. The van der Waals surface area contributed by atoms with E-state index in [1.54, 1.807) is 42.5 Å². The molecule has 0 spiro atoms. The third kappa shape index (κ3) is 10.4. The molecule has 0 fully saturated rings. The highest BCUT2D eigenvalue weighted by Crippen LogP contribution is 2.24. The van der Waals surface area contributed by atoms with Crippen molar-refractivity contribution in [1.82, 2.24) is 0 Å². The van der Waals surface area contributed by atoms with Crippen LogP contribution in [0.5, 0.6) is 11.5 Å². The van der Waals surface area contributed by atoms with E-state index in [2.05, 4.69) is 20.8 Å². The number of fused-ring (bicyclic) bond motifs is 1. The minimum atomic E-state index is -0.426. The highest BCUT2D eigenvalue weighted by molar-refractivity contribution is 5.96. The van der Waals surface area contributed by atoms with Gasteiger partial charge in [0.05, 0.1) is 24.3 Å². The van der Waals surface area contributed by atoms with Crippen molar-refractivity contribution in [3.63, 3.8) is 0 Å². The second kappa shape index (κ2) is 16.6. The van der Waals surface area contributed by atoms with Crippen molar-refractivity contribution in [1.29, 1.82) is 0 Å². The largest absolute Gasteiger partial charge is 0.494 e. The molecule has 3 aromatic rings. The molecular formula is C34H44O5. The van der Waals surface area contributed by atoms with Crippen molar-refractivity contribution in [3.05, 3.63) is 71.8 Å². The lowest BCUT2D eigenvalue weighted by molar-refractivity contribution is 0.0442. The first-order valence-corrected chi connectivity index (χ1v) is 14.7. The zero-order valence-electron chi connectivity index (χ0n) is 23.9. The molecule has 0 aliphatic rings. The lowest BCUT2D eigenvalue weighted by Gasteiger charge is -2.12. The molecule has 0 aromatic heterocycles. The smallest absolute Gasteiger partial charge is 0.343 e. The van der Waals surface area contributed by atoms with Gasteiger partial charge in [0.25, 0.3) is 0 Å². The molecule has 0 unspecified atom stereocenters. The Morgan fingerprint density at radius 2 is 1.28 bits per heavy atom. The molecule has 3 rings (SSSR count). The molecule has 0 amide bonds. The van der Waals surface area contributed by atoms with Gasteiger partial charge in [-0.2, -0.15) is 0 Å². The molecule has 3 aromatic carbocycles. The molecule has 0 N–H and O–H groups in total. The summed E-state index contributed by atoms with van der Waals surface area (Å²) in [6, 6.07) is 17.9. The maximum Gasteiger partial charge on any atom is 0.343 e. The molecule has 5 nitrogen and oxygen atoms in total. The summed E-state index contributed by atoms with van der Waals surface area (Å²) in [5.41, 5.74) is 0.982. The number of benzene rings is 3. The van der Waals surface area contributed by atoms with Crippen molar-refractivity contribution in [2.24, 2.45) is 5.92 Å². The van der Waals surface area contributed by atoms with Gasteiger partial charge in [-0.15, -0.1) is 0 Å². The van der Waals surface area contributed by atoms with Crippen molar-refractivity contribution in [2.75, 3.05) is 13.2 Å². The van der Waals surface area contributed by atoms with E-state index in [9.17, 15) is 9.59 Å². The van der Waals surface area contributed by atoms with Gasteiger partial charge < -0.3 is 14.2 Å². The van der Waals surface area contributed by atoms with E-state index in [4.69, 9.17) is 14.2 Å². The lowest BCUT2D eigenvalue weighted by atomic mass is 10.0. The standard InChI is InChI=1S/C34H44O5/c1-4-6-8-9-10-12-22-37-31-19-16-27(17-20-31)34(36)39-32-21-18-28-23-30(15-14-29(28)24-32)33(35)38-25-26(3)13-11-7-5-2/h14-21,23-24,26H,4-13,22,25H2,1-3H3/t26-/m0/s1. The number of rotatable bonds is 17. The van der Waals surface area contributed by atoms with E-state index >= 15 is 0 Å². The third-order valence-corrected chi connectivity index (χ3v) is 6.91. The number of hydrogen-bond donors (Lipinski definition) is 0. The third-order valence-electron chi connectivity index (χ3n) is 6.91. The number of carbonyl (C=O) groups excluding carboxylic acids is 2. The number of carbonyl (C=O) groups is 2. The van der Waals surface area contributed by atoms with Crippen LogP contribution in [0.15, 0.2) is 60.7 Å². The van der Waals surface area contributed by atoms with Gasteiger partial charge in [-0.3, -0.25) is 0 Å². The van der Waals surface area contributed by atoms with Crippen LogP contribution >= 0.6 is 0 Å². The normalized spacial score (nSPS) is 11.8. The van der Waals surface area contributed by atoms with Crippen LogP contribution in [0.3, 0.4) is 0 Å². The molecule has 0 saturated heterocycles. The zero-order valence-corrected chi connectivity index (χ0v) is 23.9. The summed E-state index contributed by atoms with van der Waals surface area (Å²) in [5, 5.41) is 1.76. The fraction of sp³-hybridized carbons (Fsp3) is 0.471. The maximum atomic E-state index is 12.7. The van der Waals surface area contributed by atoms with Gasteiger partial charge in [0, 0.05) is 0 Å². The molecule has 5 heteroatoms. The number of hydrogen-bond acceptors (Lipinski definition) is 5. The molecule has 0 radical (unpaired) electrons. The molecule has 0 aliphatic carbocycles. The summed E-state index contributed by atoms with van der Waals surface area (Å²) >= 11 is 0. The van der Waals surface area contributed by atoms with Crippen LogP contribution in [0.4, 0.5) is 0 Å². The molecule has 0 aliphatic heterocycles. The summed E-state index contributed by atoms with van der Waals surface area (Å²) in [4.78, 5) is 25.2. The maximum absolute atomic E-state index is 12.7. The monoisotopic (exact) mass is 532 g/mol. The van der Waals surface area contributed by atoms with Crippen LogP contribution in [0.2, 0.25) is 0 Å². The summed E-state index contributed by atoms with van der Waals surface area (Å²) in [5.74, 6) is 0.824. The minimum absolute atomic E-state index is 0.311. The van der Waals surface area contributed by atoms with E-state index in [0.29, 0.717) is 36.0 Å². The second-order valence-corrected chi connectivity index (χ2v) is 10.5. The Labute approximate surface area is 233 Å². The highest BCUT2D eigenvalue weighted by Gasteiger charge is 2.13. The van der Waals surface area contributed by atoms with Crippen molar-refractivity contribution >= 4 is 22.7 Å². The van der Waals surface area contributed by atoms with E-state index < -0.39 is 5.97 Å². The Balaban J connectivity index is 1.48. The Morgan fingerprint density at radius 1 is 0.667 bits per heavy atom. The summed E-state index contributed by atoms with van der Waals surface area (Å²) < 4.78 is 16.9. The first kappa shape index (κ1) is 30.2. The van der Waals surface area contributed by atoms with Gasteiger partial charge in [0.15, 0.2) is 0 Å². The Hall–Kier alpha value is -3.34. The number of unbranched alkanes of at least 4 members (excludes halogenated alkanes) is 7. The van der Waals surface area contributed by atoms with E-state index in [1.807, 2.05) is 18.2 Å². The molecule has 0 bridgehead atoms. The average Bonchev–Trinajstić information content (AvgIpc) is 2.95. The topological polar surface area (TPSA) is 61.8 Å². The quantitative estimate of drug-likeness (QED) is 0.0985. The van der Waals surface area contributed by atoms with Crippen molar-refractivity contribution < 1.29 is 23.8 Å². The van der Waals surface area contributed by atoms with Gasteiger partial charge in [0.2, 0.25) is 0 Å². The first-order valence-electron chi connectivity index (χ1n) is 14.7. The summed E-state index contributed by atoms with van der Waals surface area (Å²) in [6.07, 6.45) is 11.9. The van der Waals surface area contributed by atoms with Crippen LogP contribution in [-0.4, -0.2) is 25.2 Å². The Morgan fingerprint density at radius 3 is 2.05 bits per heavy atom. The SMILES string of the molecule is CCCCCCCCOc1ccc(C(=O)Oc2ccc3cc(C(=O)OC[C@@H](C)CCCCC)ccc3c2)cc1. The predicted molar refractivity (Wildman–Crippen MR) is 158 cm³/mol.